The van der Waals surface area contributed by atoms with Crippen LogP contribution in [0.5, 0.6) is 0 Å². The van der Waals surface area contributed by atoms with Crippen molar-refractivity contribution in [1.82, 2.24) is 9.38 Å². The van der Waals surface area contributed by atoms with Crippen LogP contribution in [0.3, 0.4) is 0 Å². The first-order valence-corrected chi connectivity index (χ1v) is 10.2. The standard InChI is InChI=1S/C22H27N5/c1-3-26(4-2)14-8-13-24-21-17-10-7-9-16(17)18(15-23)22-25-19-11-5-6-12-20(19)27(21)22/h5-6,11-12,24H,3-4,7-10,13-14H2,1-2H3/p+1. The van der Waals surface area contributed by atoms with Crippen LogP contribution < -0.4 is 10.2 Å². The average Bonchev–Trinajstić information content (AvgIpc) is 3.32. The first kappa shape index (κ1) is 17.8. The van der Waals surface area contributed by atoms with E-state index in [1.54, 1.807) is 4.90 Å². The topological polar surface area (TPSA) is 57.6 Å². The second-order valence-electron chi connectivity index (χ2n) is 7.39. The Hall–Kier alpha value is -2.58. The maximum absolute atomic E-state index is 9.82. The lowest BCUT2D eigenvalue weighted by molar-refractivity contribution is -0.896. The van der Waals surface area contributed by atoms with Crippen LogP contribution in [0, 0.1) is 11.3 Å². The third-order valence-electron chi connectivity index (χ3n) is 5.92. The molecule has 1 aliphatic rings. The molecule has 1 aliphatic carbocycles. The Labute approximate surface area is 160 Å². The second-order valence-corrected chi connectivity index (χ2v) is 7.39. The van der Waals surface area contributed by atoms with E-state index in [4.69, 9.17) is 4.98 Å². The Morgan fingerprint density at radius 3 is 2.74 bits per heavy atom. The van der Waals surface area contributed by atoms with E-state index in [1.807, 2.05) is 18.2 Å². The highest BCUT2D eigenvalue weighted by molar-refractivity contribution is 5.86. The van der Waals surface area contributed by atoms with Gasteiger partial charge in [-0.25, -0.2) is 4.98 Å². The first-order chi connectivity index (χ1) is 13.3. The smallest absolute Gasteiger partial charge is 0.157 e. The van der Waals surface area contributed by atoms with Crippen LogP contribution >= 0.6 is 0 Å². The molecule has 2 heterocycles. The van der Waals surface area contributed by atoms with Crippen molar-refractivity contribution in [2.45, 2.75) is 39.5 Å². The molecule has 0 radical (unpaired) electrons. The van der Waals surface area contributed by atoms with Crippen molar-refractivity contribution in [3.63, 3.8) is 0 Å². The minimum absolute atomic E-state index is 0.761. The number of nitrogens with zero attached hydrogens (tertiary/aromatic N) is 3. The molecule has 4 rings (SSSR count). The van der Waals surface area contributed by atoms with Crippen LogP contribution in [0.4, 0.5) is 5.82 Å². The van der Waals surface area contributed by atoms with Gasteiger partial charge in [-0.05, 0) is 56.4 Å². The Morgan fingerprint density at radius 2 is 1.96 bits per heavy atom. The summed E-state index contributed by atoms with van der Waals surface area (Å²) in [7, 11) is 0. The summed E-state index contributed by atoms with van der Waals surface area (Å²) in [4.78, 5) is 6.44. The summed E-state index contributed by atoms with van der Waals surface area (Å²) in [5, 5.41) is 13.5. The zero-order valence-electron chi connectivity index (χ0n) is 16.3. The molecule has 3 aromatic rings. The molecule has 2 aromatic heterocycles. The Morgan fingerprint density at radius 1 is 1.19 bits per heavy atom. The fraction of sp³-hybridized carbons (Fsp3) is 0.455. The molecule has 140 valence electrons. The van der Waals surface area contributed by atoms with Gasteiger partial charge in [0.15, 0.2) is 5.65 Å². The van der Waals surface area contributed by atoms with E-state index in [1.165, 1.54) is 30.8 Å². The van der Waals surface area contributed by atoms with Gasteiger partial charge in [-0.2, -0.15) is 5.26 Å². The van der Waals surface area contributed by atoms with E-state index in [0.717, 1.165) is 60.3 Å². The highest BCUT2D eigenvalue weighted by Crippen LogP contribution is 2.36. The van der Waals surface area contributed by atoms with E-state index < -0.39 is 0 Å². The summed E-state index contributed by atoms with van der Waals surface area (Å²) in [6, 6.07) is 10.6. The minimum atomic E-state index is 0.761. The zero-order valence-corrected chi connectivity index (χ0v) is 16.3. The molecular formula is C22H28N5+. The summed E-state index contributed by atoms with van der Waals surface area (Å²) in [6.45, 7) is 9.00. The molecular weight excluding hydrogens is 334 g/mol. The number of para-hydroxylation sites is 2. The van der Waals surface area contributed by atoms with E-state index in [2.05, 4.69) is 35.7 Å². The highest BCUT2D eigenvalue weighted by Gasteiger charge is 2.25. The molecule has 0 fully saturated rings. The highest BCUT2D eigenvalue weighted by atomic mass is 15.1. The number of quaternary nitrogens is 1. The lowest BCUT2D eigenvalue weighted by Crippen LogP contribution is -3.11. The summed E-state index contributed by atoms with van der Waals surface area (Å²) in [6.07, 6.45) is 4.28. The van der Waals surface area contributed by atoms with Gasteiger partial charge in [0.1, 0.15) is 11.9 Å². The monoisotopic (exact) mass is 362 g/mol. The van der Waals surface area contributed by atoms with Gasteiger partial charge in [-0.1, -0.05) is 12.1 Å². The van der Waals surface area contributed by atoms with Crippen LogP contribution in [0.25, 0.3) is 16.7 Å². The van der Waals surface area contributed by atoms with E-state index in [-0.39, 0.29) is 0 Å². The van der Waals surface area contributed by atoms with Crippen molar-refractivity contribution in [2.75, 3.05) is 31.5 Å². The molecule has 0 saturated carbocycles. The van der Waals surface area contributed by atoms with Crippen molar-refractivity contribution in [1.29, 1.82) is 5.26 Å². The van der Waals surface area contributed by atoms with Crippen molar-refractivity contribution < 1.29 is 4.90 Å². The summed E-state index contributed by atoms with van der Waals surface area (Å²) >= 11 is 0. The van der Waals surface area contributed by atoms with Gasteiger partial charge < -0.3 is 10.2 Å². The third-order valence-corrected chi connectivity index (χ3v) is 5.92. The third kappa shape index (κ3) is 3.04. The Kier molecular flexibility index (Phi) is 5.00. The number of aromatic nitrogens is 2. The molecule has 1 aromatic carbocycles. The lowest BCUT2D eigenvalue weighted by Gasteiger charge is -2.18. The second kappa shape index (κ2) is 7.58. The van der Waals surface area contributed by atoms with Crippen molar-refractivity contribution in [3.8, 4) is 6.07 Å². The number of fused-ring (bicyclic) bond motifs is 4. The molecule has 0 bridgehead atoms. The van der Waals surface area contributed by atoms with Gasteiger partial charge in [0.25, 0.3) is 0 Å². The largest absolute Gasteiger partial charge is 0.371 e. The summed E-state index contributed by atoms with van der Waals surface area (Å²) in [5.74, 6) is 1.15. The van der Waals surface area contributed by atoms with Crippen molar-refractivity contribution >= 4 is 22.5 Å². The van der Waals surface area contributed by atoms with Crippen LogP contribution in [-0.2, 0) is 12.8 Å². The molecule has 0 atom stereocenters. The number of nitriles is 1. The number of anilines is 1. The number of imidazole rings is 1. The van der Waals surface area contributed by atoms with Crippen LogP contribution in [0.15, 0.2) is 24.3 Å². The van der Waals surface area contributed by atoms with Gasteiger partial charge in [-0.3, -0.25) is 4.40 Å². The van der Waals surface area contributed by atoms with Gasteiger partial charge in [0, 0.05) is 13.0 Å². The van der Waals surface area contributed by atoms with Gasteiger partial charge in [-0.15, -0.1) is 0 Å². The number of pyridine rings is 1. The first-order valence-electron chi connectivity index (χ1n) is 10.2. The fourth-order valence-electron chi connectivity index (χ4n) is 4.42. The molecule has 2 N–H and O–H groups in total. The number of hydrogen-bond donors (Lipinski definition) is 2. The quantitative estimate of drug-likeness (QED) is 0.635. The molecule has 5 nitrogen and oxygen atoms in total. The molecule has 27 heavy (non-hydrogen) atoms. The Balaban J connectivity index is 1.76. The molecule has 5 heteroatoms. The summed E-state index contributed by atoms with van der Waals surface area (Å²) in [5.41, 5.74) is 6.12. The molecule has 0 unspecified atom stereocenters. The van der Waals surface area contributed by atoms with Crippen molar-refractivity contribution in [2.24, 2.45) is 0 Å². The van der Waals surface area contributed by atoms with E-state index in [9.17, 15) is 5.26 Å². The number of hydrogen-bond acceptors (Lipinski definition) is 3. The lowest BCUT2D eigenvalue weighted by atomic mass is 10.1. The van der Waals surface area contributed by atoms with Gasteiger partial charge in [0.2, 0.25) is 0 Å². The van der Waals surface area contributed by atoms with E-state index in [0.29, 0.717) is 0 Å². The predicted octanol–water partition coefficient (Wildman–Crippen LogP) is 2.57. The van der Waals surface area contributed by atoms with Crippen molar-refractivity contribution in [3.05, 3.63) is 41.0 Å². The van der Waals surface area contributed by atoms with E-state index >= 15 is 0 Å². The molecule has 0 spiro atoms. The predicted molar refractivity (Wildman–Crippen MR) is 109 cm³/mol. The van der Waals surface area contributed by atoms with Crippen LogP contribution in [-0.4, -0.2) is 35.6 Å². The molecule has 0 saturated heterocycles. The number of benzene rings is 1. The van der Waals surface area contributed by atoms with Crippen LogP contribution in [0.2, 0.25) is 0 Å². The minimum Gasteiger partial charge on any atom is -0.371 e. The summed E-state index contributed by atoms with van der Waals surface area (Å²) < 4.78 is 2.18. The molecule has 0 amide bonds. The zero-order chi connectivity index (χ0) is 18.8. The maximum atomic E-state index is 9.82. The normalized spacial score (nSPS) is 13.4. The molecule has 0 aliphatic heterocycles. The van der Waals surface area contributed by atoms with Gasteiger partial charge >= 0.3 is 0 Å². The SMILES string of the molecule is CC[NH+](CC)CCCNc1c2c(c(C#N)c3nc4ccccc4n13)CCC2. The maximum Gasteiger partial charge on any atom is 0.157 e. The van der Waals surface area contributed by atoms with Gasteiger partial charge in [0.05, 0.1) is 36.2 Å². The van der Waals surface area contributed by atoms with Crippen LogP contribution in [0.1, 0.15) is 43.4 Å². The number of rotatable bonds is 7. The Bertz CT molecular complexity index is 1010. The number of nitrogens with one attached hydrogen (secondary N) is 2. The fourth-order valence-corrected chi connectivity index (χ4v) is 4.42. The average molecular weight is 363 g/mol.